The molecule has 2 aromatic rings. The second-order valence-electron chi connectivity index (χ2n) is 5.52. The van der Waals surface area contributed by atoms with E-state index in [0.29, 0.717) is 6.61 Å². The lowest BCUT2D eigenvalue weighted by Gasteiger charge is -2.36. The summed E-state index contributed by atoms with van der Waals surface area (Å²) in [5.74, 6) is 0. The van der Waals surface area contributed by atoms with Crippen molar-refractivity contribution >= 4 is 5.69 Å². The maximum atomic E-state index is 5.68. The van der Waals surface area contributed by atoms with Crippen molar-refractivity contribution < 1.29 is 9.26 Å². The highest BCUT2D eigenvalue weighted by Crippen LogP contribution is 2.15. The predicted molar refractivity (Wildman–Crippen MR) is 86.1 cm³/mol. The Kier molecular flexibility index (Phi) is 5.45. The Morgan fingerprint density at radius 2 is 1.82 bits per heavy atom. The number of ether oxygens (including phenoxy) is 1. The van der Waals surface area contributed by atoms with Crippen LogP contribution in [0.2, 0.25) is 0 Å². The van der Waals surface area contributed by atoms with E-state index in [-0.39, 0.29) is 0 Å². The minimum Gasteiger partial charge on any atom is -0.380 e. The Hall–Kier alpha value is -1.85. The molecule has 1 fully saturated rings. The highest BCUT2D eigenvalue weighted by molar-refractivity contribution is 5.46. The molecular weight excluding hydrogens is 278 g/mol. The van der Waals surface area contributed by atoms with Crippen LogP contribution >= 0.6 is 0 Å². The van der Waals surface area contributed by atoms with Crippen LogP contribution in [0.1, 0.15) is 5.69 Å². The fourth-order valence-corrected chi connectivity index (χ4v) is 2.71. The van der Waals surface area contributed by atoms with E-state index >= 15 is 0 Å². The Balaban J connectivity index is 1.29. The predicted octanol–water partition coefficient (Wildman–Crippen LogP) is 2.06. The van der Waals surface area contributed by atoms with Crippen molar-refractivity contribution in [3.8, 4) is 0 Å². The van der Waals surface area contributed by atoms with Gasteiger partial charge in [0.25, 0.3) is 0 Å². The van der Waals surface area contributed by atoms with Gasteiger partial charge >= 0.3 is 0 Å². The molecule has 22 heavy (non-hydrogen) atoms. The molecule has 1 aromatic carbocycles. The summed E-state index contributed by atoms with van der Waals surface area (Å²) in [4.78, 5) is 4.91. The molecule has 5 heteroatoms. The Morgan fingerprint density at radius 3 is 2.55 bits per heavy atom. The lowest BCUT2D eigenvalue weighted by molar-refractivity contribution is 0.103. The van der Waals surface area contributed by atoms with Crippen molar-refractivity contribution in [1.29, 1.82) is 0 Å². The first-order chi connectivity index (χ1) is 10.9. The van der Waals surface area contributed by atoms with Gasteiger partial charge in [-0.3, -0.25) is 4.90 Å². The molecule has 1 aliphatic heterocycles. The topological polar surface area (TPSA) is 41.7 Å². The van der Waals surface area contributed by atoms with E-state index in [1.165, 1.54) is 5.69 Å². The van der Waals surface area contributed by atoms with Crippen LogP contribution in [0, 0.1) is 0 Å². The number of hydrogen-bond donors (Lipinski definition) is 0. The molecule has 2 heterocycles. The zero-order valence-electron chi connectivity index (χ0n) is 12.9. The molecule has 0 bridgehead atoms. The zero-order chi connectivity index (χ0) is 15.0. The van der Waals surface area contributed by atoms with Crippen LogP contribution in [0.25, 0.3) is 0 Å². The number of hydrogen-bond acceptors (Lipinski definition) is 5. The summed E-state index contributed by atoms with van der Waals surface area (Å²) in [5.41, 5.74) is 2.28. The first kappa shape index (κ1) is 15.1. The van der Waals surface area contributed by atoms with Gasteiger partial charge in [-0.25, -0.2) is 0 Å². The lowest BCUT2D eigenvalue weighted by Crippen LogP contribution is -2.47. The second-order valence-corrected chi connectivity index (χ2v) is 5.52. The third kappa shape index (κ3) is 4.32. The van der Waals surface area contributed by atoms with Gasteiger partial charge in [0.05, 0.1) is 18.9 Å². The highest BCUT2D eigenvalue weighted by Gasteiger charge is 2.16. The molecule has 3 rings (SSSR count). The molecular formula is C17H23N3O2. The summed E-state index contributed by atoms with van der Waals surface area (Å²) in [6.45, 7) is 6.86. The summed E-state index contributed by atoms with van der Waals surface area (Å²) >= 11 is 0. The second kappa shape index (κ2) is 7.96. The summed E-state index contributed by atoms with van der Waals surface area (Å²) in [7, 11) is 0. The summed E-state index contributed by atoms with van der Waals surface area (Å²) < 4.78 is 10.5. The van der Waals surface area contributed by atoms with Crippen molar-refractivity contribution in [3.05, 3.63) is 48.4 Å². The van der Waals surface area contributed by atoms with Crippen molar-refractivity contribution in [2.45, 2.75) is 6.42 Å². The molecule has 0 amide bonds. The first-order valence-electron chi connectivity index (χ1n) is 7.91. The van der Waals surface area contributed by atoms with E-state index in [1.807, 2.05) is 6.07 Å². The number of piperazine rings is 1. The standard InChI is InChI=1S/C17H23N3O2/c1-2-4-17(5-3-1)20-10-8-19(9-11-20)12-15-21-13-6-16-7-14-22-18-16/h1-5,7,14H,6,8-13,15H2. The third-order valence-electron chi connectivity index (χ3n) is 4.04. The summed E-state index contributed by atoms with van der Waals surface area (Å²) in [6, 6.07) is 12.5. The summed E-state index contributed by atoms with van der Waals surface area (Å²) in [5, 5.41) is 3.87. The quantitative estimate of drug-likeness (QED) is 0.732. The van der Waals surface area contributed by atoms with E-state index in [2.05, 4.69) is 45.3 Å². The molecule has 0 N–H and O–H groups in total. The lowest BCUT2D eigenvalue weighted by atomic mass is 10.2. The van der Waals surface area contributed by atoms with Crippen molar-refractivity contribution in [2.24, 2.45) is 0 Å². The van der Waals surface area contributed by atoms with Crippen molar-refractivity contribution in [2.75, 3.05) is 50.8 Å². The number of nitrogens with zero attached hydrogens (tertiary/aromatic N) is 3. The van der Waals surface area contributed by atoms with E-state index in [9.17, 15) is 0 Å². The van der Waals surface area contributed by atoms with Gasteiger partial charge in [-0.05, 0) is 12.1 Å². The van der Waals surface area contributed by atoms with Crippen LogP contribution in [-0.2, 0) is 11.2 Å². The van der Waals surface area contributed by atoms with Crippen molar-refractivity contribution in [1.82, 2.24) is 10.1 Å². The van der Waals surface area contributed by atoms with E-state index in [4.69, 9.17) is 9.26 Å². The van der Waals surface area contributed by atoms with Crippen molar-refractivity contribution in [3.63, 3.8) is 0 Å². The molecule has 0 spiro atoms. The molecule has 118 valence electrons. The van der Waals surface area contributed by atoms with Gasteiger partial charge in [-0.15, -0.1) is 0 Å². The maximum absolute atomic E-state index is 5.68. The van der Waals surface area contributed by atoms with E-state index in [0.717, 1.165) is 51.4 Å². The van der Waals surface area contributed by atoms with Gasteiger partial charge in [-0.2, -0.15) is 0 Å². The van der Waals surface area contributed by atoms with Gasteiger partial charge < -0.3 is 14.2 Å². The fraction of sp³-hybridized carbons (Fsp3) is 0.471. The van der Waals surface area contributed by atoms with E-state index in [1.54, 1.807) is 6.26 Å². The molecule has 0 radical (unpaired) electrons. The van der Waals surface area contributed by atoms with Crippen LogP contribution in [0.3, 0.4) is 0 Å². The number of anilines is 1. The molecule has 0 atom stereocenters. The zero-order valence-corrected chi connectivity index (χ0v) is 12.9. The SMILES string of the molecule is c1ccc(N2CCN(CCOCCc3ccon3)CC2)cc1. The normalized spacial score (nSPS) is 16.1. The van der Waals surface area contributed by atoms with Crippen LogP contribution in [0.4, 0.5) is 5.69 Å². The number of rotatable bonds is 7. The molecule has 0 aliphatic carbocycles. The van der Waals surface area contributed by atoms with Gasteiger partial charge in [0.1, 0.15) is 6.26 Å². The number of para-hydroxylation sites is 1. The monoisotopic (exact) mass is 301 g/mol. The molecule has 5 nitrogen and oxygen atoms in total. The van der Waals surface area contributed by atoms with Crippen LogP contribution in [0.5, 0.6) is 0 Å². The van der Waals surface area contributed by atoms with Crippen LogP contribution < -0.4 is 4.90 Å². The van der Waals surface area contributed by atoms with Gasteiger partial charge in [0.15, 0.2) is 0 Å². The fourth-order valence-electron chi connectivity index (χ4n) is 2.71. The average molecular weight is 301 g/mol. The molecule has 1 aliphatic rings. The van der Waals surface area contributed by atoms with Gasteiger partial charge in [-0.1, -0.05) is 23.4 Å². The Bertz CT molecular complexity index is 522. The minimum absolute atomic E-state index is 0.705. The third-order valence-corrected chi connectivity index (χ3v) is 4.04. The van der Waals surface area contributed by atoms with Crippen LogP contribution in [0.15, 0.2) is 47.2 Å². The smallest absolute Gasteiger partial charge is 0.124 e. The number of benzene rings is 1. The number of aromatic nitrogens is 1. The largest absolute Gasteiger partial charge is 0.380 e. The molecule has 0 saturated carbocycles. The highest BCUT2D eigenvalue weighted by atomic mass is 16.5. The Labute approximate surface area is 131 Å². The molecule has 0 unspecified atom stereocenters. The molecule has 1 aromatic heterocycles. The maximum Gasteiger partial charge on any atom is 0.124 e. The minimum atomic E-state index is 0.705. The van der Waals surface area contributed by atoms with Gasteiger partial charge in [0, 0.05) is 50.9 Å². The van der Waals surface area contributed by atoms with Gasteiger partial charge in [0.2, 0.25) is 0 Å². The van der Waals surface area contributed by atoms with Crippen LogP contribution in [-0.4, -0.2) is 56.0 Å². The Morgan fingerprint density at radius 1 is 1.00 bits per heavy atom. The first-order valence-corrected chi connectivity index (χ1v) is 7.91. The summed E-state index contributed by atoms with van der Waals surface area (Å²) in [6.07, 6.45) is 2.42. The average Bonchev–Trinajstić information content (AvgIpc) is 3.09. The molecule has 1 saturated heterocycles. The van der Waals surface area contributed by atoms with E-state index < -0.39 is 0 Å².